The van der Waals surface area contributed by atoms with Crippen LogP contribution in [0.15, 0.2) is 24.3 Å². The van der Waals surface area contributed by atoms with Gasteiger partial charge < -0.3 is 5.43 Å². The van der Waals surface area contributed by atoms with E-state index in [9.17, 15) is 0 Å². The smallest absolute Gasteiger partial charge is 0.144 e. The van der Waals surface area contributed by atoms with Gasteiger partial charge in [-0.05, 0) is 53.5 Å². The Bertz CT molecular complexity index is 664. The van der Waals surface area contributed by atoms with E-state index in [0.29, 0.717) is 5.92 Å². The van der Waals surface area contributed by atoms with E-state index in [1.807, 2.05) is 0 Å². The predicted octanol–water partition coefficient (Wildman–Crippen LogP) is 4.87. The third-order valence-electron chi connectivity index (χ3n) is 4.89. The number of fused-ring (bicyclic) bond motifs is 1. The Kier molecular flexibility index (Phi) is 4.09. The Labute approximate surface area is 133 Å². The number of aromatic nitrogens is 1. The quantitative estimate of drug-likeness (QED) is 0.614. The van der Waals surface area contributed by atoms with E-state index in [-0.39, 0.29) is 5.41 Å². The van der Waals surface area contributed by atoms with Crippen molar-refractivity contribution in [3.05, 3.63) is 35.4 Å². The fourth-order valence-corrected chi connectivity index (χ4v) is 3.50. The number of pyridine rings is 1. The van der Waals surface area contributed by atoms with Gasteiger partial charge in [0.15, 0.2) is 0 Å². The summed E-state index contributed by atoms with van der Waals surface area (Å²) in [6.07, 6.45) is 6.49. The molecule has 1 saturated carbocycles. The standard InChI is InChI=1S/C19H27N3/c1-19(2,3)15-9-10-17-14(11-15)12-16(18(21-17)22-20)13-7-5-4-6-8-13/h9-13H,4-8,20H2,1-3H3,(H,21,22). The SMILES string of the molecule is CC(C)(C)c1ccc2nc(NN)c(C3CCCCC3)cc2c1. The number of hydrogen-bond acceptors (Lipinski definition) is 3. The van der Waals surface area contributed by atoms with Crippen molar-refractivity contribution in [3.63, 3.8) is 0 Å². The topological polar surface area (TPSA) is 50.9 Å². The molecule has 3 rings (SSSR count). The van der Waals surface area contributed by atoms with Crippen LogP contribution in [0.5, 0.6) is 0 Å². The fraction of sp³-hybridized carbons (Fsp3) is 0.526. The molecule has 1 aromatic heterocycles. The van der Waals surface area contributed by atoms with Crippen molar-refractivity contribution >= 4 is 16.7 Å². The molecule has 2 aromatic rings. The number of hydrogen-bond donors (Lipinski definition) is 2. The van der Waals surface area contributed by atoms with Crippen LogP contribution >= 0.6 is 0 Å². The fourth-order valence-electron chi connectivity index (χ4n) is 3.50. The van der Waals surface area contributed by atoms with E-state index >= 15 is 0 Å². The van der Waals surface area contributed by atoms with E-state index in [1.165, 1.54) is 48.6 Å². The van der Waals surface area contributed by atoms with Crippen LogP contribution in [0.1, 0.15) is 69.9 Å². The molecule has 1 aliphatic carbocycles. The number of nitrogens with zero attached hydrogens (tertiary/aromatic N) is 1. The highest BCUT2D eigenvalue weighted by Gasteiger charge is 2.21. The van der Waals surface area contributed by atoms with E-state index in [0.717, 1.165) is 11.3 Å². The van der Waals surface area contributed by atoms with Crippen LogP contribution in [0.25, 0.3) is 10.9 Å². The zero-order valence-corrected chi connectivity index (χ0v) is 13.9. The van der Waals surface area contributed by atoms with Crippen LogP contribution in [0.3, 0.4) is 0 Å². The lowest BCUT2D eigenvalue weighted by Crippen LogP contribution is -2.15. The van der Waals surface area contributed by atoms with Crippen LogP contribution in [-0.4, -0.2) is 4.98 Å². The molecule has 0 radical (unpaired) electrons. The zero-order chi connectivity index (χ0) is 15.7. The highest BCUT2D eigenvalue weighted by molar-refractivity contribution is 5.83. The van der Waals surface area contributed by atoms with Gasteiger partial charge in [0.1, 0.15) is 5.82 Å². The molecule has 1 aliphatic rings. The van der Waals surface area contributed by atoms with Gasteiger partial charge in [0.2, 0.25) is 0 Å². The molecule has 0 unspecified atom stereocenters. The second-order valence-corrected chi connectivity index (χ2v) is 7.56. The third-order valence-corrected chi connectivity index (χ3v) is 4.89. The lowest BCUT2D eigenvalue weighted by molar-refractivity contribution is 0.444. The van der Waals surface area contributed by atoms with Gasteiger partial charge in [0.05, 0.1) is 5.52 Å². The summed E-state index contributed by atoms with van der Waals surface area (Å²) in [6, 6.07) is 8.88. The predicted molar refractivity (Wildman–Crippen MR) is 94.1 cm³/mol. The van der Waals surface area contributed by atoms with Crippen molar-refractivity contribution < 1.29 is 0 Å². The first kappa shape index (κ1) is 15.3. The lowest BCUT2D eigenvalue weighted by Gasteiger charge is -2.24. The van der Waals surface area contributed by atoms with Gasteiger partial charge in [0.25, 0.3) is 0 Å². The van der Waals surface area contributed by atoms with E-state index < -0.39 is 0 Å². The Morgan fingerprint density at radius 3 is 2.45 bits per heavy atom. The van der Waals surface area contributed by atoms with Crippen LogP contribution in [-0.2, 0) is 5.41 Å². The van der Waals surface area contributed by atoms with Crippen molar-refractivity contribution in [2.45, 2.75) is 64.2 Å². The number of nitrogens with one attached hydrogen (secondary N) is 1. The van der Waals surface area contributed by atoms with Gasteiger partial charge in [-0.1, -0.05) is 46.1 Å². The van der Waals surface area contributed by atoms with Gasteiger partial charge >= 0.3 is 0 Å². The second-order valence-electron chi connectivity index (χ2n) is 7.56. The van der Waals surface area contributed by atoms with Crippen LogP contribution in [0.2, 0.25) is 0 Å². The molecule has 0 bridgehead atoms. The molecule has 0 spiro atoms. The molecule has 0 amide bonds. The molecule has 1 aromatic carbocycles. The summed E-state index contributed by atoms with van der Waals surface area (Å²) in [4.78, 5) is 4.76. The molecule has 3 nitrogen and oxygen atoms in total. The summed E-state index contributed by atoms with van der Waals surface area (Å²) < 4.78 is 0. The Balaban J connectivity index is 2.09. The summed E-state index contributed by atoms with van der Waals surface area (Å²) in [5, 5.41) is 1.23. The van der Waals surface area contributed by atoms with Crippen molar-refractivity contribution in [1.82, 2.24) is 4.98 Å². The van der Waals surface area contributed by atoms with Crippen molar-refractivity contribution in [2.24, 2.45) is 5.84 Å². The zero-order valence-electron chi connectivity index (χ0n) is 13.9. The monoisotopic (exact) mass is 297 g/mol. The maximum Gasteiger partial charge on any atom is 0.144 e. The van der Waals surface area contributed by atoms with Gasteiger partial charge in [-0.25, -0.2) is 10.8 Å². The molecule has 1 fully saturated rings. The number of nitrogen functional groups attached to an aromatic ring is 1. The molecule has 0 saturated heterocycles. The first-order valence-corrected chi connectivity index (χ1v) is 8.41. The number of nitrogens with two attached hydrogens (primary N) is 1. The number of rotatable bonds is 2. The molecule has 3 N–H and O–H groups in total. The minimum atomic E-state index is 0.157. The van der Waals surface area contributed by atoms with E-state index in [2.05, 4.69) is 50.5 Å². The van der Waals surface area contributed by atoms with E-state index in [1.54, 1.807) is 0 Å². The van der Waals surface area contributed by atoms with Crippen LogP contribution in [0.4, 0.5) is 5.82 Å². The first-order valence-electron chi connectivity index (χ1n) is 8.41. The van der Waals surface area contributed by atoms with E-state index in [4.69, 9.17) is 10.8 Å². The Morgan fingerprint density at radius 2 is 1.82 bits per heavy atom. The first-order chi connectivity index (χ1) is 10.5. The average molecular weight is 297 g/mol. The van der Waals surface area contributed by atoms with Crippen LogP contribution < -0.4 is 11.3 Å². The number of anilines is 1. The lowest BCUT2D eigenvalue weighted by atomic mass is 9.83. The normalized spacial score (nSPS) is 16.9. The number of hydrazine groups is 1. The van der Waals surface area contributed by atoms with Gasteiger partial charge in [-0.15, -0.1) is 0 Å². The molecule has 1 heterocycles. The molecular formula is C19H27N3. The maximum atomic E-state index is 5.73. The number of benzene rings is 1. The van der Waals surface area contributed by atoms with Crippen molar-refractivity contribution in [1.29, 1.82) is 0 Å². The van der Waals surface area contributed by atoms with Crippen LogP contribution in [0, 0.1) is 0 Å². The summed E-state index contributed by atoms with van der Waals surface area (Å²) in [5.74, 6) is 7.18. The van der Waals surface area contributed by atoms with Crippen molar-refractivity contribution in [2.75, 3.05) is 5.43 Å². The van der Waals surface area contributed by atoms with Gasteiger partial charge in [-0.2, -0.15) is 0 Å². The molecule has 0 aliphatic heterocycles. The highest BCUT2D eigenvalue weighted by atomic mass is 15.2. The second kappa shape index (κ2) is 5.88. The third kappa shape index (κ3) is 2.95. The minimum Gasteiger partial charge on any atom is -0.308 e. The average Bonchev–Trinajstić information content (AvgIpc) is 2.53. The summed E-state index contributed by atoms with van der Waals surface area (Å²) in [6.45, 7) is 6.75. The molecule has 3 heteroatoms. The van der Waals surface area contributed by atoms with Gasteiger partial charge in [-0.3, -0.25) is 0 Å². The molecular weight excluding hydrogens is 270 g/mol. The Hall–Kier alpha value is -1.61. The Morgan fingerprint density at radius 1 is 1.09 bits per heavy atom. The largest absolute Gasteiger partial charge is 0.308 e. The summed E-state index contributed by atoms with van der Waals surface area (Å²) in [7, 11) is 0. The minimum absolute atomic E-state index is 0.157. The molecule has 22 heavy (non-hydrogen) atoms. The highest BCUT2D eigenvalue weighted by Crippen LogP contribution is 2.37. The molecule has 0 atom stereocenters. The summed E-state index contributed by atoms with van der Waals surface area (Å²) in [5.41, 5.74) is 6.63. The summed E-state index contributed by atoms with van der Waals surface area (Å²) >= 11 is 0. The maximum absolute atomic E-state index is 5.73. The van der Waals surface area contributed by atoms with Crippen molar-refractivity contribution in [3.8, 4) is 0 Å². The molecule has 118 valence electrons. The van der Waals surface area contributed by atoms with Gasteiger partial charge in [0, 0.05) is 5.39 Å².